The molecule has 0 heterocycles. The molecule has 0 spiro atoms. The van der Waals surface area contributed by atoms with Gasteiger partial charge >= 0.3 is 0 Å². The third-order valence-electron chi connectivity index (χ3n) is 0.440. The fraction of sp³-hybridized carbons (Fsp3) is 0.750. The molecule has 0 aromatic heterocycles. The van der Waals surface area contributed by atoms with Crippen LogP contribution in [0.3, 0.4) is 0 Å². The number of ether oxygens (including phenoxy) is 1. The molecule has 0 aliphatic rings. The standard InChI is InChI=1S/C4H8O2.La/c1-6-4-2-3-5;/h3H,2,4H2,1H3;. The molecule has 39 valence electrons. The third-order valence-corrected chi connectivity index (χ3v) is 0.440. The van der Waals surface area contributed by atoms with Gasteiger partial charge in [-0.3, -0.25) is 0 Å². The van der Waals surface area contributed by atoms with Gasteiger partial charge in [0.1, 0.15) is 6.29 Å². The van der Waals surface area contributed by atoms with E-state index in [0.29, 0.717) is 13.0 Å². The number of hydrogen-bond donors (Lipinski definition) is 0. The van der Waals surface area contributed by atoms with Crippen LogP contribution in [0.4, 0.5) is 0 Å². The minimum absolute atomic E-state index is 0. The quantitative estimate of drug-likeness (QED) is 0.509. The monoisotopic (exact) mass is 227 g/mol. The van der Waals surface area contributed by atoms with Gasteiger partial charge in [-0.1, -0.05) is 0 Å². The van der Waals surface area contributed by atoms with Crippen LogP contribution >= 0.6 is 0 Å². The normalized spacial score (nSPS) is 7.00. The second kappa shape index (κ2) is 9.95. The molecule has 0 unspecified atom stereocenters. The van der Waals surface area contributed by atoms with E-state index in [4.69, 9.17) is 0 Å². The first-order valence-corrected chi connectivity index (χ1v) is 1.84. The van der Waals surface area contributed by atoms with E-state index in [1.165, 1.54) is 0 Å². The number of hydrogen-bond acceptors (Lipinski definition) is 2. The van der Waals surface area contributed by atoms with Crippen molar-refractivity contribution in [2.75, 3.05) is 13.7 Å². The number of carbonyl (C=O) groups is 1. The molecule has 0 saturated heterocycles. The van der Waals surface area contributed by atoms with Crippen molar-refractivity contribution in [1.82, 2.24) is 0 Å². The summed E-state index contributed by atoms with van der Waals surface area (Å²) in [5.74, 6) is 0. The van der Waals surface area contributed by atoms with Crippen molar-refractivity contribution in [3.05, 3.63) is 0 Å². The predicted octanol–water partition coefficient (Wildman–Crippen LogP) is 0.222. The van der Waals surface area contributed by atoms with E-state index in [2.05, 4.69) is 4.74 Å². The second-order valence-electron chi connectivity index (χ2n) is 0.948. The minimum atomic E-state index is 0. The number of carbonyl (C=O) groups excluding carboxylic acids is 1. The van der Waals surface area contributed by atoms with Crippen molar-refractivity contribution < 1.29 is 45.1 Å². The van der Waals surface area contributed by atoms with E-state index in [1.54, 1.807) is 7.11 Å². The van der Waals surface area contributed by atoms with Crippen LogP contribution in [-0.2, 0) is 9.53 Å². The summed E-state index contributed by atoms with van der Waals surface area (Å²) < 4.78 is 4.55. The molecule has 0 N–H and O–H groups in total. The zero-order chi connectivity index (χ0) is 4.83. The molecule has 0 aromatic carbocycles. The van der Waals surface area contributed by atoms with Crippen LogP contribution in [0.5, 0.6) is 0 Å². The Kier molecular flexibility index (Phi) is 15.3. The van der Waals surface area contributed by atoms with Crippen molar-refractivity contribution in [3.8, 4) is 0 Å². The maximum atomic E-state index is 9.48. The Morgan fingerprint density at radius 2 is 2.29 bits per heavy atom. The summed E-state index contributed by atoms with van der Waals surface area (Å²) in [6.07, 6.45) is 1.35. The second-order valence-corrected chi connectivity index (χ2v) is 0.948. The maximum Gasteiger partial charge on any atom is 0.122 e. The Balaban J connectivity index is 0. The zero-order valence-corrected chi connectivity index (χ0v) is 8.01. The Morgan fingerprint density at radius 1 is 1.71 bits per heavy atom. The zero-order valence-electron chi connectivity index (χ0n) is 4.39. The van der Waals surface area contributed by atoms with Gasteiger partial charge in [0, 0.05) is 49.1 Å². The number of methoxy groups -OCH3 is 1. The van der Waals surface area contributed by atoms with E-state index in [0.717, 1.165) is 6.29 Å². The molecule has 3 heteroatoms. The van der Waals surface area contributed by atoms with Gasteiger partial charge in [-0.2, -0.15) is 0 Å². The molecule has 2 nitrogen and oxygen atoms in total. The average molecular weight is 227 g/mol. The molecule has 0 saturated carbocycles. The molecule has 0 aliphatic carbocycles. The van der Waals surface area contributed by atoms with Crippen molar-refractivity contribution in [2.45, 2.75) is 6.42 Å². The summed E-state index contributed by atoms with van der Waals surface area (Å²) in [5, 5.41) is 0. The molecule has 7 heavy (non-hydrogen) atoms. The fourth-order valence-corrected chi connectivity index (χ4v) is 0.166. The topological polar surface area (TPSA) is 26.3 Å². The molecular formula is C4H8LaO2. The Labute approximate surface area is 71.2 Å². The summed E-state index contributed by atoms with van der Waals surface area (Å²) in [5.41, 5.74) is 0. The van der Waals surface area contributed by atoms with Crippen LogP contribution < -0.4 is 0 Å². The van der Waals surface area contributed by atoms with E-state index in [-0.39, 0.29) is 35.6 Å². The number of rotatable bonds is 3. The summed E-state index contributed by atoms with van der Waals surface area (Å²) in [6.45, 7) is 0.545. The largest absolute Gasteiger partial charge is 0.384 e. The van der Waals surface area contributed by atoms with Crippen LogP contribution in [0.1, 0.15) is 6.42 Å². The van der Waals surface area contributed by atoms with Crippen molar-refractivity contribution in [1.29, 1.82) is 0 Å². The van der Waals surface area contributed by atoms with Gasteiger partial charge in [-0.15, -0.1) is 0 Å². The molecule has 0 bridgehead atoms. The van der Waals surface area contributed by atoms with Crippen molar-refractivity contribution >= 4 is 6.29 Å². The van der Waals surface area contributed by atoms with Gasteiger partial charge in [0.05, 0.1) is 6.61 Å². The van der Waals surface area contributed by atoms with Crippen molar-refractivity contribution in [3.63, 3.8) is 0 Å². The number of aldehydes is 1. The molecule has 0 aliphatic heterocycles. The van der Waals surface area contributed by atoms with E-state index in [1.807, 2.05) is 0 Å². The van der Waals surface area contributed by atoms with E-state index < -0.39 is 0 Å². The molecular weight excluding hydrogens is 219 g/mol. The van der Waals surface area contributed by atoms with Crippen LogP contribution in [0.25, 0.3) is 0 Å². The summed E-state index contributed by atoms with van der Waals surface area (Å²) in [7, 11) is 1.57. The molecule has 0 aromatic rings. The molecule has 1 radical (unpaired) electrons. The smallest absolute Gasteiger partial charge is 0.122 e. The van der Waals surface area contributed by atoms with E-state index >= 15 is 0 Å². The van der Waals surface area contributed by atoms with Crippen LogP contribution in [0.15, 0.2) is 0 Å². The first-order valence-electron chi connectivity index (χ1n) is 1.84. The molecule has 0 rings (SSSR count). The van der Waals surface area contributed by atoms with Crippen molar-refractivity contribution in [2.24, 2.45) is 0 Å². The minimum Gasteiger partial charge on any atom is -0.384 e. The van der Waals surface area contributed by atoms with Gasteiger partial charge in [0.2, 0.25) is 0 Å². The van der Waals surface area contributed by atoms with Crippen LogP contribution in [0.2, 0.25) is 0 Å². The molecule has 0 atom stereocenters. The SMILES string of the molecule is COCCC=O.[La]. The predicted molar refractivity (Wildman–Crippen MR) is 22.6 cm³/mol. The summed E-state index contributed by atoms with van der Waals surface area (Å²) in [4.78, 5) is 9.48. The van der Waals surface area contributed by atoms with Gasteiger partial charge in [-0.05, 0) is 0 Å². The fourth-order valence-electron chi connectivity index (χ4n) is 0.166. The Bertz CT molecular complexity index is 38.7. The third kappa shape index (κ3) is 10.9. The van der Waals surface area contributed by atoms with E-state index in [9.17, 15) is 4.79 Å². The Morgan fingerprint density at radius 3 is 2.43 bits per heavy atom. The molecule has 0 amide bonds. The first kappa shape index (κ1) is 10.7. The Hall–Kier alpha value is 0.825. The van der Waals surface area contributed by atoms with Gasteiger partial charge in [-0.25, -0.2) is 0 Å². The molecule has 0 fully saturated rings. The maximum absolute atomic E-state index is 9.48. The summed E-state index contributed by atoms with van der Waals surface area (Å²) >= 11 is 0. The average Bonchev–Trinajstić information content (AvgIpc) is 1.61. The first-order chi connectivity index (χ1) is 2.91. The van der Waals surface area contributed by atoms with Gasteiger partial charge < -0.3 is 9.53 Å². The summed E-state index contributed by atoms with van der Waals surface area (Å²) in [6, 6.07) is 0. The van der Waals surface area contributed by atoms with Crippen LogP contribution in [-0.4, -0.2) is 20.0 Å². The van der Waals surface area contributed by atoms with Gasteiger partial charge in [0.25, 0.3) is 0 Å². The van der Waals surface area contributed by atoms with Gasteiger partial charge in [0.15, 0.2) is 0 Å². The van der Waals surface area contributed by atoms with Crippen LogP contribution in [0, 0.1) is 35.6 Å².